The first kappa shape index (κ1) is 18.4. The minimum Gasteiger partial charge on any atom is -0.491 e. The monoisotopic (exact) mass is 373 g/mol. The van der Waals surface area contributed by atoms with Gasteiger partial charge in [0.1, 0.15) is 5.75 Å². The van der Waals surface area contributed by atoms with Crippen LogP contribution in [0.15, 0.2) is 35.8 Å². The van der Waals surface area contributed by atoms with Gasteiger partial charge in [-0.05, 0) is 51.0 Å². The second-order valence-corrected chi connectivity index (χ2v) is 7.48. The summed E-state index contributed by atoms with van der Waals surface area (Å²) < 4.78 is 5.60. The van der Waals surface area contributed by atoms with Gasteiger partial charge in [-0.3, -0.25) is 9.59 Å². The molecule has 3 rings (SSSR count). The maximum atomic E-state index is 12.6. The van der Waals surface area contributed by atoms with E-state index < -0.39 is 0 Å². The third-order valence-corrected chi connectivity index (χ3v) is 4.98. The average molecular weight is 373 g/mol. The molecule has 7 heteroatoms. The van der Waals surface area contributed by atoms with E-state index in [0.717, 1.165) is 5.75 Å². The van der Waals surface area contributed by atoms with Crippen molar-refractivity contribution in [3.8, 4) is 5.75 Å². The lowest BCUT2D eigenvalue weighted by Gasteiger charge is -2.31. The Kier molecular flexibility index (Phi) is 5.88. The Morgan fingerprint density at radius 1 is 1.23 bits per heavy atom. The Morgan fingerprint density at radius 3 is 2.50 bits per heavy atom. The molecule has 1 aliphatic rings. The van der Waals surface area contributed by atoms with Crippen LogP contribution in [0.4, 0.5) is 5.13 Å². The highest BCUT2D eigenvalue weighted by atomic mass is 32.1. The molecule has 1 fully saturated rings. The lowest BCUT2D eigenvalue weighted by molar-refractivity contribution is -0.121. The number of likely N-dealkylation sites (tertiary alicyclic amines) is 1. The van der Waals surface area contributed by atoms with E-state index in [0.29, 0.717) is 36.6 Å². The molecule has 1 N–H and O–H groups in total. The SMILES string of the molecule is CC(C)Oc1ccc(C(=O)N2CCC(C(=O)Nc3nccs3)CC2)cc1. The van der Waals surface area contributed by atoms with Crippen LogP contribution in [0.5, 0.6) is 5.75 Å². The average Bonchev–Trinajstić information content (AvgIpc) is 3.14. The molecule has 1 aromatic carbocycles. The molecule has 0 unspecified atom stereocenters. The Bertz CT molecular complexity index is 736. The quantitative estimate of drug-likeness (QED) is 0.872. The number of piperidine rings is 1. The van der Waals surface area contributed by atoms with E-state index in [2.05, 4.69) is 10.3 Å². The van der Waals surface area contributed by atoms with Crippen molar-refractivity contribution in [2.45, 2.75) is 32.8 Å². The zero-order chi connectivity index (χ0) is 18.5. The first-order valence-electron chi connectivity index (χ1n) is 8.79. The van der Waals surface area contributed by atoms with Crippen LogP contribution >= 0.6 is 11.3 Å². The molecular weight excluding hydrogens is 350 g/mol. The summed E-state index contributed by atoms with van der Waals surface area (Å²) in [6.07, 6.45) is 3.10. The number of thiazole rings is 1. The maximum absolute atomic E-state index is 12.6. The fraction of sp³-hybridized carbons (Fsp3) is 0.421. The normalized spacial score (nSPS) is 15.1. The molecule has 0 spiro atoms. The van der Waals surface area contributed by atoms with E-state index in [1.165, 1.54) is 11.3 Å². The molecule has 2 amide bonds. The highest BCUT2D eigenvalue weighted by Gasteiger charge is 2.28. The fourth-order valence-electron chi connectivity index (χ4n) is 2.97. The van der Waals surface area contributed by atoms with Crippen LogP contribution in [-0.4, -0.2) is 40.9 Å². The number of aromatic nitrogens is 1. The van der Waals surface area contributed by atoms with Crippen LogP contribution in [0.3, 0.4) is 0 Å². The van der Waals surface area contributed by atoms with Crippen molar-refractivity contribution in [2.75, 3.05) is 18.4 Å². The van der Waals surface area contributed by atoms with E-state index in [1.54, 1.807) is 18.3 Å². The molecule has 0 saturated carbocycles. The first-order chi connectivity index (χ1) is 12.5. The Hall–Kier alpha value is -2.41. The number of ether oxygens (including phenoxy) is 1. The smallest absolute Gasteiger partial charge is 0.253 e. The molecule has 0 aliphatic carbocycles. The van der Waals surface area contributed by atoms with Gasteiger partial charge in [0, 0.05) is 36.1 Å². The molecular formula is C19H23N3O3S. The topological polar surface area (TPSA) is 71.5 Å². The minimum absolute atomic E-state index is 0.000112. The number of hydrogen-bond acceptors (Lipinski definition) is 5. The van der Waals surface area contributed by atoms with Crippen LogP contribution in [0.1, 0.15) is 37.0 Å². The summed E-state index contributed by atoms with van der Waals surface area (Å²) in [5.74, 6) is 0.668. The summed E-state index contributed by atoms with van der Waals surface area (Å²) in [7, 11) is 0. The number of anilines is 1. The molecule has 2 aromatic rings. The van der Waals surface area contributed by atoms with Gasteiger partial charge >= 0.3 is 0 Å². The van der Waals surface area contributed by atoms with E-state index in [9.17, 15) is 9.59 Å². The highest BCUT2D eigenvalue weighted by molar-refractivity contribution is 7.13. The molecule has 1 aromatic heterocycles. The van der Waals surface area contributed by atoms with Gasteiger partial charge in [-0.15, -0.1) is 11.3 Å². The highest BCUT2D eigenvalue weighted by Crippen LogP contribution is 2.22. The van der Waals surface area contributed by atoms with Crippen LogP contribution in [0.25, 0.3) is 0 Å². The largest absolute Gasteiger partial charge is 0.491 e. The molecule has 1 saturated heterocycles. The van der Waals surface area contributed by atoms with Crippen molar-refractivity contribution in [1.29, 1.82) is 0 Å². The van der Waals surface area contributed by atoms with Crippen LogP contribution < -0.4 is 10.1 Å². The molecule has 138 valence electrons. The summed E-state index contributed by atoms with van der Waals surface area (Å²) in [6.45, 7) is 5.10. The molecule has 0 radical (unpaired) electrons. The number of nitrogens with zero attached hydrogens (tertiary/aromatic N) is 2. The second kappa shape index (κ2) is 8.31. The molecule has 6 nitrogen and oxygen atoms in total. The number of carbonyl (C=O) groups excluding carboxylic acids is 2. The van der Waals surface area contributed by atoms with Crippen molar-refractivity contribution in [3.05, 3.63) is 41.4 Å². The maximum Gasteiger partial charge on any atom is 0.253 e. The van der Waals surface area contributed by atoms with Gasteiger partial charge in [0.05, 0.1) is 6.10 Å². The van der Waals surface area contributed by atoms with Crippen molar-refractivity contribution < 1.29 is 14.3 Å². The zero-order valence-corrected chi connectivity index (χ0v) is 15.8. The van der Waals surface area contributed by atoms with E-state index in [-0.39, 0.29) is 23.8 Å². The van der Waals surface area contributed by atoms with Gasteiger partial charge in [-0.25, -0.2) is 4.98 Å². The van der Waals surface area contributed by atoms with Crippen LogP contribution in [0, 0.1) is 5.92 Å². The van der Waals surface area contributed by atoms with E-state index in [4.69, 9.17) is 4.74 Å². The predicted molar refractivity (Wildman–Crippen MR) is 102 cm³/mol. The number of hydrogen-bond donors (Lipinski definition) is 1. The third kappa shape index (κ3) is 4.60. The van der Waals surface area contributed by atoms with Gasteiger partial charge in [0.25, 0.3) is 5.91 Å². The molecule has 0 atom stereocenters. The second-order valence-electron chi connectivity index (χ2n) is 6.58. The van der Waals surface area contributed by atoms with Crippen molar-refractivity contribution >= 4 is 28.3 Å². The summed E-state index contributed by atoms with van der Waals surface area (Å²) in [4.78, 5) is 30.8. The molecule has 2 heterocycles. The molecule has 0 bridgehead atoms. The van der Waals surface area contributed by atoms with Gasteiger partial charge < -0.3 is 15.0 Å². The summed E-state index contributed by atoms with van der Waals surface area (Å²) in [6, 6.07) is 7.23. The number of benzene rings is 1. The zero-order valence-electron chi connectivity index (χ0n) is 15.0. The standard InChI is InChI=1S/C19H23N3O3S/c1-13(2)25-16-5-3-15(4-6-16)18(24)22-10-7-14(8-11-22)17(23)21-19-20-9-12-26-19/h3-6,9,12-14H,7-8,10-11H2,1-2H3,(H,20,21,23). The van der Waals surface area contributed by atoms with Crippen molar-refractivity contribution in [3.63, 3.8) is 0 Å². The van der Waals surface area contributed by atoms with Crippen LogP contribution in [0.2, 0.25) is 0 Å². The van der Waals surface area contributed by atoms with E-state index >= 15 is 0 Å². The number of amides is 2. The predicted octanol–water partition coefficient (Wildman–Crippen LogP) is 3.42. The number of rotatable bonds is 5. The van der Waals surface area contributed by atoms with Crippen molar-refractivity contribution in [1.82, 2.24) is 9.88 Å². The Morgan fingerprint density at radius 2 is 1.92 bits per heavy atom. The molecule has 1 aliphatic heterocycles. The van der Waals surface area contributed by atoms with Gasteiger partial charge in [-0.2, -0.15) is 0 Å². The Balaban J connectivity index is 1.52. The summed E-state index contributed by atoms with van der Waals surface area (Å²) in [5, 5.41) is 5.29. The van der Waals surface area contributed by atoms with Crippen LogP contribution in [-0.2, 0) is 4.79 Å². The summed E-state index contributed by atoms with van der Waals surface area (Å²) in [5.41, 5.74) is 0.645. The fourth-order valence-corrected chi connectivity index (χ4v) is 3.50. The van der Waals surface area contributed by atoms with Gasteiger partial charge in [0.15, 0.2) is 5.13 Å². The molecule has 26 heavy (non-hydrogen) atoms. The lowest BCUT2D eigenvalue weighted by atomic mass is 9.95. The lowest BCUT2D eigenvalue weighted by Crippen LogP contribution is -2.41. The Labute approximate surface area is 157 Å². The minimum atomic E-state index is -0.0789. The first-order valence-corrected chi connectivity index (χ1v) is 9.67. The third-order valence-electron chi connectivity index (χ3n) is 4.29. The van der Waals surface area contributed by atoms with Gasteiger partial charge in [-0.1, -0.05) is 0 Å². The van der Waals surface area contributed by atoms with E-state index in [1.807, 2.05) is 36.3 Å². The van der Waals surface area contributed by atoms with Crippen molar-refractivity contribution in [2.24, 2.45) is 5.92 Å². The van der Waals surface area contributed by atoms with Gasteiger partial charge in [0.2, 0.25) is 5.91 Å². The number of nitrogens with one attached hydrogen (secondary N) is 1. The summed E-state index contributed by atoms with van der Waals surface area (Å²) >= 11 is 1.40. The number of carbonyl (C=O) groups is 2.